The van der Waals surface area contributed by atoms with Crippen LogP contribution in [0.1, 0.15) is 86.8 Å². The zero-order chi connectivity index (χ0) is 31.8. The number of Topliss-reactive ketones (excluding diaryl/α,β-unsaturated/α-hetero) is 3. The number of allylic oxidation sites excluding steroid dienone is 3. The molecular formula is C36H40O7. The molecule has 7 nitrogen and oxygen atoms in total. The van der Waals surface area contributed by atoms with Crippen molar-refractivity contribution in [3.8, 4) is 5.75 Å². The molecule has 0 bridgehead atoms. The van der Waals surface area contributed by atoms with E-state index in [1.54, 1.807) is 6.92 Å². The molecule has 43 heavy (non-hydrogen) atoms. The summed E-state index contributed by atoms with van der Waals surface area (Å²) in [7, 11) is 0. The molecule has 0 saturated heterocycles. The SMILES string of the molecule is C=C1C2=C(O)[C@@]3(O)C(O)=C(C(C)=O)C(=O)C[C@@]3(C)C[C@@]2(C)Cc2c(C(C)C)cc(CC(=O)Cc3ccc(C)cc3)c(O)c21. The second kappa shape index (κ2) is 10.1. The van der Waals surface area contributed by atoms with Gasteiger partial charge in [-0.2, -0.15) is 0 Å². The highest BCUT2D eigenvalue weighted by Gasteiger charge is 2.66. The molecule has 0 spiro atoms. The lowest BCUT2D eigenvalue weighted by Gasteiger charge is -2.57. The first kappa shape index (κ1) is 30.5. The van der Waals surface area contributed by atoms with Gasteiger partial charge in [0.2, 0.25) is 0 Å². The number of hydrogen-bond donors (Lipinski definition) is 4. The van der Waals surface area contributed by atoms with Crippen LogP contribution in [-0.2, 0) is 33.6 Å². The molecule has 3 aliphatic carbocycles. The quantitative estimate of drug-likeness (QED) is 0.303. The average Bonchev–Trinajstić information content (AvgIpc) is 2.88. The third kappa shape index (κ3) is 4.48. The summed E-state index contributed by atoms with van der Waals surface area (Å²) in [4.78, 5) is 38.5. The van der Waals surface area contributed by atoms with Crippen molar-refractivity contribution in [2.75, 3.05) is 0 Å². The number of carbonyl (C=O) groups is 3. The van der Waals surface area contributed by atoms with Crippen LogP contribution in [0.3, 0.4) is 0 Å². The minimum absolute atomic E-state index is 0.00208. The normalized spacial score (nSPS) is 26.8. The number of ketones is 3. The van der Waals surface area contributed by atoms with Gasteiger partial charge in [0.15, 0.2) is 17.2 Å². The van der Waals surface area contributed by atoms with Crippen LogP contribution in [0, 0.1) is 17.8 Å². The van der Waals surface area contributed by atoms with Crippen LogP contribution in [0.15, 0.2) is 59.6 Å². The summed E-state index contributed by atoms with van der Waals surface area (Å²) in [5.41, 5.74) is 0.119. The highest BCUT2D eigenvalue weighted by molar-refractivity contribution is 6.21. The van der Waals surface area contributed by atoms with Gasteiger partial charge in [0.25, 0.3) is 0 Å². The number of benzene rings is 2. The van der Waals surface area contributed by atoms with Gasteiger partial charge in [0.1, 0.15) is 28.6 Å². The molecule has 2 aromatic carbocycles. The molecule has 0 radical (unpaired) electrons. The Morgan fingerprint density at radius 3 is 2.21 bits per heavy atom. The van der Waals surface area contributed by atoms with E-state index in [2.05, 4.69) is 6.58 Å². The van der Waals surface area contributed by atoms with Crippen LogP contribution < -0.4 is 0 Å². The topological polar surface area (TPSA) is 132 Å². The lowest BCUT2D eigenvalue weighted by atomic mass is 9.48. The molecule has 3 atom stereocenters. The highest BCUT2D eigenvalue weighted by Crippen LogP contribution is 2.65. The second-order valence-electron chi connectivity index (χ2n) is 13.6. The minimum Gasteiger partial charge on any atom is -0.508 e. The molecule has 5 rings (SSSR count). The van der Waals surface area contributed by atoms with Crippen LogP contribution in [0.5, 0.6) is 5.75 Å². The number of aromatic hydroxyl groups is 1. The van der Waals surface area contributed by atoms with Gasteiger partial charge in [-0.25, -0.2) is 0 Å². The van der Waals surface area contributed by atoms with Crippen molar-refractivity contribution in [1.29, 1.82) is 0 Å². The molecule has 0 amide bonds. The van der Waals surface area contributed by atoms with Crippen molar-refractivity contribution in [2.45, 2.75) is 85.2 Å². The summed E-state index contributed by atoms with van der Waals surface area (Å²) >= 11 is 0. The highest BCUT2D eigenvalue weighted by atomic mass is 16.4. The Kier molecular flexibility index (Phi) is 7.13. The Hall–Kier alpha value is -3.97. The third-order valence-electron chi connectivity index (χ3n) is 9.82. The van der Waals surface area contributed by atoms with E-state index in [0.717, 1.165) is 29.2 Å². The predicted octanol–water partition coefficient (Wildman–Crippen LogP) is 6.08. The van der Waals surface area contributed by atoms with E-state index in [1.165, 1.54) is 0 Å². The first-order chi connectivity index (χ1) is 19.9. The zero-order valence-electron chi connectivity index (χ0n) is 25.7. The number of fused-ring (bicyclic) bond motifs is 3. The van der Waals surface area contributed by atoms with E-state index in [1.807, 2.05) is 58.0 Å². The Morgan fingerprint density at radius 2 is 1.63 bits per heavy atom. The second-order valence-corrected chi connectivity index (χ2v) is 13.6. The summed E-state index contributed by atoms with van der Waals surface area (Å²) < 4.78 is 0. The van der Waals surface area contributed by atoms with Gasteiger partial charge < -0.3 is 20.4 Å². The maximum absolute atomic E-state index is 13.2. The molecular weight excluding hydrogens is 544 g/mol. The zero-order valence-corrected chi connectivity index (χ0v) is 25.7. The fraction of sp³-hybridized carbons (Fsp3) is 0.417. The van der Waals surface area contributed by atoms with E-state index in [9.17, 15) is 34.8 Å². The van der Waals surface area contributed by atoms with Gasteiger partial charge in [-0.1, -0.05) is 70.2 Å². The minimum atomic E-state index is -2.39. The van der Waals surface area contributed by atoms with Crippen LogP contribution in [0.2, 0.25) is 0 Å². The number of aryl methyl sites for hydroxylation is 1. The van der Waals surface area contributed by atoms with E-state index < -0.39 is 45.1 Å². The van der Waals surface area contributed by atoms with E-state index in [-0.39, 0.29) is 54.3 Å². The van der Waals surface area contributed by atoms with E-state index in [4.69, 9.17) is 0 Å². The van der Waals surface area contributed by atoms with Gasteiger partial charge in [-0.3, -0.25) is 14.4 Å². The number of hydrogen-bond acceptors (Lipinski definition) is 7. The Balaban J connectivity index is 1.66. The molecule has 3 aliphatic rings. The monoisotopic (exact) mass is 584 g/mol. The van der Waals surface area contributed by atoms with Crippen molar-refractivity contribution in [2.24, 2.45) is 10.8 Å². The maximum atomic E-state index is 13.2. The van der Waals surface area contributed by atoms with Crippen LogP contribution >= 0.6 is 0 Å². The van der Waals surface area contributed by atoms with Crippen molar-refractivity contribution < 1.29 is 34.8 Å². The molecule has 7 heteroatoms. The first-order valence-corrected chi connectivity index (χ1v) is 14.7. The summed E-state index contributed by atoms with van der Waals surface area (Å²) in [6, 6.07) is 9.62. The summed E-state index contributed by atoms with van der Waals surface area (Å²) in [6.45, 7) is 15.0. The average molecular weight is 585 g/mol. The van der Waals surface area contributed by atoms with E-state index in [0.29, 0.717) is 17.5 Å². The summed E-state index contributed by atoms with van der Waals surface area (Å²) in [5, 5.41) is 46.7. The van der Waals surface area contributed by atoms with Crippen molar-refractivity contribution >= 4 is 22.9 Å². The summed E-state index contributed by atoms with van der Waals surface area (Å²) in [6.07, 6.45) is 0.540. The standard InChI is InChI=1S/C36H40O7/c1-18(2)25-14-23(13-24(38)12-22-10-8-19(3)9-11-22)31(40)28-20(4)30-33(42)36(43)32(41)29(21(5)37)27(39)16-35(36,7)17-34(30,6)15-26(25)28/h8-11,14,18,40-43H,4,12-13,15-17H2,1-3,5-7H3/t34-,35+,36+/m1/s1. The van der Waals surface area contributed by atoms with Crippen molar-refractivity contribution in [3.63, 3.8) is 0 Å². The maximum Gasteiger partial charge on any atom is 0.185 e. The first-order valence-electron chi connectivity index (χ1n) is 14.7. The number of phenols is 1. The number of phenolic OH excluding ortho intramolecular Hbond substituents is 1. The number of rotatable bonds is 6. The van der Waals surface area contributed by atoms with Gasteiger partial charge in [-0.15, -0.1) is 0 Å². The predicted molar refractivity (Wildman–Crippen MR) is 164 cm³/mol. The fourth-order valence-electron chi connectivity index (χ4n) is 7.88. The molecule has 0 aliphatic heterocycles. The third-order valence-corrected chi connectivity index (χ3v) is 9.82. The number of aliphatic hydroxyl groups is 3. The summed E-state index contributed by atoms with van der Waals surface area (Å²) in [5.74, 6) is -2.84. The molecule has 0 saturated carbocycles. The lowest BCUT2D eigenvalue weighted by molar-refractivity contribution is -0.141. The fourth-order valence-corrected chi connectivity index (χ4v) is 7.88. The number of aliphatic hydroxyl groups excluding tert-OH is 2. The van der Waals surface area contributed by atoms with E-state index >= 15 is 0 Å². The van der Waals surface area contributed by atoms with Crippen molar-refractivity contribution in [1.82, 2.24) is 0 Å². The number of carbonyl (C=O) groups excluding carboxylic acids is 3. The van der Waals surface area contributed by atoms with Crippen LogP contribution in [0.4, 0.5) is 0 Å². The van der Waals surface area contributed by atoms with Gasteiger partial charge in [-0.05, 0) is 54.9 Å². The molecule has 0 aromatic heterocycles. The lowest BCUT2D eigenvalue weighted by Crippen LogP contribution is -2.60. The Bertz CT molecular complexity index is 1670. The molecule has 226 valence electrons. The van der Waals surface area contributed by atoms with Crippen molar-refractivity contribution in [3.05, 3.63) is 93.0 Å². The van der Waals surface area contributed by atoms with Gasteiger partial charge in [0.05, 0.1) is 0 Å². The van der Waals surface area contributed by atoms with Crippen LogP contribution in [-0.4, -0.2) is 43.4 Å². The molecule has 4 N–H and O–H groups in total. The molecule has 2 aromatic rings. The van der Waals surface area contributed by atoms with Crippen LogP contribution in [0.25, 0.3) is 5.57 Å². The smallest absolute Gasteiger partial charge is 0.185 e. The molecule has 0 heterocycles. The van der Waals surface area contributed by atoms with Gasteiger partial charge >= 0.3 is 0 Å². The largest absolute Gasteiger partial charge is 0.508 e. The molecule has 0 fully saturated rings. The van der Waals surface area contributed by atoms with Gasteiger partial charge in [0, 0.05) is 46.8 Å². The Morgan fingerprint density at radius 1 is 1.00 bits per heavy atom. The Labute approximate surface area is 252 Å². The molecule has 0 unspecified atom stereocenters.